The Morgan fingerprint density at radius 1 is 1.20 bits per heavy atom. The molecule has 0 saturated heterocycles. The van der Waals surface area contributed by atoms with Gasteiger partial charge >= 0.3 is 0 Å². The molecular weight excluding hydrogens is 304 g/mol. The first-order valence-electron chi connectivity index (χ1n) is 5.61. The summed E-state index contributed by atoms with van der Waals surface area (Å²) in [4.78, 5) is 16.0. The van der Waals surface area contributed by atoms with Gasteiger partial charge in [-0.2, -0.15) is 0 Å². The Bertz CT molecular complexity index is 644. The van der Waals surface area contributed by atoms with Crippen LogP contribution in [0.25, 0.3) is 0 Å². The van der Waals surface area contributed by atoms with Crippen molar-refractivity contribution in [2.45, 2.75) is 0 Å². The van der Waals surface area contributed by atoms with Crippen molar-refractivity contribution in [3.8, 4) is 0 Å². The lowest BCUT2D eigenvalue weighted by Gasteiger charge is -2.08. The van der Waals surface area contributed by atoms with Crippen molar-refractivity contribution in [3.05, 3.63) is 51.9 Å². The molecular formula is C13H10Cl2FN3O. The molecule has 0 spiro atoms. The molecule has 0 aliphatic rings. The molecule has 0 fully saturated rings. The number of hydrogen-bond donors (Lipinski definition) is 2. The van der Waals surface area contributed by atoms with Gasteiger partial charge in [0.15, 0.2) is 0 Å². The highest BCUT2D eigenvalue weighted by atomic mass is 35.5. The summed E-state index contributed by atoms with van der Waals surface area (Å²) in [6, 6.07) is 6.72. The Hall–Kier alpha value is -1.85. The fraction of sp³-hybridized carbons (Fsp3) is 0.0769. The van der Waals surface area contributed by atoms with Gasteiger partial charge in [-0.25, -0.2) is 9.37 Å². The number of benzene rings is 1. The van der Waals surface area contributed by atoms with Gasteiger partial charge in [-0.15, -0.1) is 0 Å². The van der Waals surface area contributed by atoms with Crippen molar-refractivity contribution < 1.29 is 9.18 Å². The molecule has 0 aliphatic carbocycles. The average Bonchev–Trinajstić information content (AvgIpc) is 2.36. The van der Waals surface area contributed by atoms with Gasteiger partial charge < -0.3 is 10.6 Å². The number of hydrogen-bond acceptors (Lipinski definition) is 3. The molecule has 20 heavy (non-hydrogen) atoms. The molecule has 0 aliphatic heterocycles. The fourth-order valence-corrected chi connectivity index (χ4v) is 2.02. The molecule has 0 bridgehead atoms. The van der Waals surface area contributed by atoms with E-state index in [0.717, 1.165) is 6.07 Å². The van der Waals surface area contributed by atoms with E-state index in [1.54, 1.807) is 7.05 Å². The number of nitrogens with zero attached hydrogens (tertiary/aromatic N) is 1. The monoisotopic (exact) mass is 313 g/mol. The van der Waals surface area contributed by atoms with Crippen molar-refractivity contribution in [2.24, 2.45) is 0 Å². The quantitative estimate of drug-likeness (QED) is 0.847. The third-order valence-electron chi connectivity index (χ3n) is 2.43. The van der Waals surface area contributed by atoms with Crippen molar-refractivity contribution in [3.63, 3.8) is 0 Å². The second-order valence-electron chi connectivity index (χ2n) is 3.93. The molecule has 0 unspecified atom stereocenters. The number of amides is 1. The van der Waals surface area contributed by atoms with Crippen molar-refractivity contribution in [1.29, 1.82) is 0 Å². The number of halogens is 3. The van der Waals surface area contributed by atoms with E-state index in [2.05, 4.69) is 15.6 Å². The van der Waals surface area contributed by atoms with E-state index in [-0.39, 0.29) is 15.9 Å². The Labute approximate surface area is 124 Å². The second kappa shape index (κ2) is 6.07. The van der Waals surface area contributed by atoms with E-state index in [1.165, 1.54) is 24.3 Å². The summed E-state index contributed by atoms with van der Waals surface area (Å²) in [6.07, 6.45) is 0. The normalized spacial score (nSPS) is 10.2. The summed E-state index contributed by atoms with van der Waals surface area (Å²) in [5.41, 5.74) is 0.564. The molecule has 104 valence electrons. The van der Waals surface area contributed by atoms with Crippen LogP contribution in [0.4, 0.5) is 15.9 Å². The van der Waals surface area contributed by atoms with Crippen LogP contribution in [0.15, 0.2) is 30.3 Å². The number of carbonyl (C=O) groups is 1. The van der Waals surface area contributed by atoms with Crippen LogP contribution in [0, 0.1) is 5.82 Å². The van der Waals surface area contributed by atoms with Crippen LogP contribution in [0.5, 0.6) is 0 Å². The van der Waals surface area contributed by atoms with Crippen molar-refractivity contribution in [2.75, 3.05) is 17.7 Å². The number of carbonyl (C=O) groups excluding carboxylic acids is 1. The van der Waals surface area contributed by atoms with E-state index in [9.17, 15) is 9.18 Å². The molecule has 1 heterocycles. The molecule has 2 N–H and O–H groups in total. The van der Waals surface area contributed by atoms with Crippen LogP contribution < -0.4 is 10.6 Å². The van der Waals surface area contributed by atoms with Gasteiger partial charge in [-0.1, -0.05) is 23.2 Å². The van der Waals surface area contributed by atoms with Crippen LogP contribution in [0.1, 0.15) is 10.4 Å². The zero-order valence-corrected chi connectivity index (χ0v) is 11.9. The predicted molar refractivity (Wildman–Crippen MR) is 78.2 cm³/mol. The highest BCUT2D eigenvalue weighted by Crippen LogP contribution is 2.20. The van der Waals surface area contributed by atoms with Crippen LogP contribution in [-0.4, -0.2) is 17.9 Å². The number of nitrogens with one attached hydrogen (secondary N) is 2. The fourth-order valence-electron chi connectivity index (χ4n) is 1.59. The van der Waals surface area contributed by atoms with Gasteiger partial charge in [0.25, 0.3) is 5.91 Å². The summed E-state index contributed by atoms with van der Waals surface area (Å²) in [6.45, 7) is 0. The number of aromatic nitrogens is 1. The second-order valence-corrected chi connectivity index (χ2v) is 4.75. The van der Waals surface area contributed by atoms with E-state index >= 15 is 0 Å². The maximum Gasteiger partial charge on any atom is 0.255 e. The van der Waals surface area contributed by atoms with Crippen LogP contribution in [0.3, 0.4) is 0 Å². The first-order chi connectivity index (χ1) is 9.47. The van der Waals surface area contributed by atoms with Gasteiger partial charge in [0.05, 0.1) is 0 Å². The molecule has 0 saturated carbocycles. The summed E-state index contributed by atoms with van der Waals surface area (Å²) in [5.74, 6) is -0.510. The molecule has 4 nitrogen and oxygen atoms in total. The van der Waals surface area contributed by atoms with Gasteiger partial charge in [-0.05, 0) is 30.3 Å². The maximum absolute atomic E-state index is 13.2. The molecule has 2 rings (SSSR count). The first-order valence-corrected chi connectivity index (χ1v) is 6.36. The van der Waals surface area contributed by atoms with Crippen molar-refractivity contribution >= 4 is 40.6 Å². The van der Waals surface area contributed by atoms with Gasteiger partial charge in [0, 0.05) is 23.3 Å². The van der Waals surface area contributed by atoms with Gasteiger partial charge in [-0.3, -0.25) is 4.79 Å². The third kappa shape index (κ3) is 3.59. The highest BCUT2D eigenvalue weighted by molar-refractivity contribution is 6.31. The minimum Gasteiger partial charge on any atom is -0.373 e. The lowest BCUT2D eigenvalue weighted by Crippen LogP contribution is -2.13. The highest BCUT2D eigenvalue weighted by Gasteiger charge is 2.10. The van der Waals surface area contributed by atoms with E-state index < -0.39 is 11.7 Å². The Morgan fingerprint density at radius 2 is 1.95 bits per heavy atom. The minimum absolute atomic E-state index is 0.180. The number of rotatable bonds is 3. The molecule has 0 atom stereocenters. The van der Waals surface area contributed by atoms with Gasteiger partial charge in [0.2, 0.25) is 0 Å². The molecule has 0 radical (unpaired) electrons. The van der Waals surface area contributed by atoms with Crippen molar-refractivity contribution in [1.82, 2.24) is 4.98 Å². The summed E-state index contributed by atoms with van der Waals surface area (Å²) >= 11 is 11.5. The SMILES string of the molecule is CNc1cc(C(=O)Nc2cc(F)cc(Cl)c2)cc(Cl)n1. The molecule has 1 aromatic heterocycles. The first kappa shape index (κ1) is 14.6. The number of anilines is 2. The van der Waals surface area contributed by atoms with E-state index in [1.807, 2.05) is 0 Å². The van der Waals surface area contributed by atoms with Crippen LogP contribution >= 0.6 is 23.2 Å². The third-order valence-corrected chi connectivity index (χ3v) is 2.84. The van der Waals surface area contributed by atoms with E-state index in [0.29, 0.717) is 11.4 Å². The van der Waals surface area contributed by atoms with Gasteiger partial charge in [0.1, 0.15) is 16.8 Å². The minimum atomic E-state index is -0.531. The van der Waals surface area contributed by atoms with Crippen LogP contribution in [0.2, 0.25) is 10.2 Å². The Balaban J connectivity index is 2.25. The zero-order valence-electron chi connectivity index (χ0n) is 10.4. The molecule has 1 amide bonds. The Kier molecular flexibility index (Phi) is 4.42. The zero-order chi connectivity index (χ0) is 14.7. The Morgan fingerprint density at radius 3 is 2.60 bits per heavy atom. The summed E-state index contributed by atoms with van der Waals surface area (Å²) in [5, 5.41) is 5.71. The standard InChI is InChI=1S/C13H10Cl2FN3O/c1-17-12-3-7(2-11(15)19-12)13(20)18-10-5-8(14)4-9(16)6-10/h2-6H,1H3,(H,17,19)(H,18,20). The molecule has 7 heteroatoms. The lowest BCUT2D eigenvalue weighted by atomic mass is 10.2. The largest absolute Gasteiger partial charge is 0.373 e. The molecule has 2 aromatic rings. The molecule has 1 aromatic carbocycles. The average molecular weight is 314 g/mol. The lowest BCUT2D eigenvalue weighted by molar-refractivity contribution is 0.102. The maximum atomic E-state index is 13.2. The summed E-state index contributed by atoms with van der Waals surface area (Å²) < 4.78 is 13.2. The van der Waals surface area contributed by atoms with Crippen LogP contribution in [-0.2, 0) is 0 Å². The summed E-state index contributed by atoms with van der Waals surface area (Å²) in [7, 11) is 1.66. The smallest absolute Gasteiger partial charge is 0.255 e. The van der Waals surface area contributed by atoms with E-state index in [4.69, 9.17) is 23.2 Å². The predicted octanol–water partition coefficient (Wildman–Crippen LogP) is 3.82. The number of pyridine rings is 1. The topological polar surface area (TPSA) is 54.0 Å².